The van der Waals surface area contributed by atoms with Crippen LogP contribution in [0.5, 0.6) is 0 Å². The molecule has 2 nitrogen and oxygen atoms in total. The molecule has 3 heteroatoms. The Labute approximate surface area is 103 Å². The molecule has 1 atom stereocenters. The van der Waals surface area contributed by atoms with E-state index in [1.54, 1.807) is 6.26 Å². The van der Waals surface area contributed by atoms with E-state index in [1.165, 1.54) is 11.1 Å². The summed E-state index contributed by atoms with van der Waals surface area (Å²) in [4.78, 5) is 0. The molecule has 0 aliphatic carbocycles. The number of hydrogen-bond acceptors (Lipinski definition) is 2. The molecule has 1 N–H and O–H groups in total. The zero-order valence-electron chi connectivity index (χ0n) is 8.74. The van der Waals surface area contributed by atoms with Crippen molar-refractivity contribution in [2.24, 2.45) is 0 Å². The maximum Gasteiger partial charge on any atom is 0.128 e. The summed E-state index contributed by atoms with van der Waals surface area (Å²) in [6.45, 7) is 0.999. The van der Waals surface area contributed by atoms with Gasteiger partial charge in [-0.3, -0.25) is 0 Å². The predicted molar refractivity (Wildman–Crippen MR) is 66.4 cm³/mol. The van der Waals surface area contributed by atoms with Crippen LogP contribution >= 0.6 is 15.9 Å². The first-order chi connectivity index (χ1) is 7.86. The molecule has 3 rings (SSSR count). The van der Waals surface area contributed by atoms with Gasteiger partial charge in [0.2, 0.25) is 0 Å². The zero-order valence-corrected chi connectivity index (χ0v) is 10.3. The molecule has 1 aromatic carbocycles. The number of hydrogen-bond donors (Lipinski definition) is 1. The van der Waals surface area contributed by atoms with Gasteiger partial charge < -0.3 is 9.73 Å². The fourth-order valence-corrected chi connectivity index (χ4v) is 2.73. The van der Waals surface area contributed by atoms with Crippen LogP contribution < -0.4 is 5.32 Å². The minimum atomic E-state index is 0.175. The van der Waals surface area contributed by atoms with Crippen molar-refractivity contribution in [1.29, 1.82) is 0 Å². The second kappa shape index (κ2) is 4.07. The van der Waals surface area contributed by atoms with Gasteiger partial charge in [-0.05, 0) is 29.7 Å². The number of rotatable bonds is 1. The van der Waals surface area contributed by atoms with Crippen LogP contribution in [0, 0.1) is 0 Å². The van der Waals surface area contributed by atoms with Crippen LogP contribution in [0.25, 0.3) is 0 Å². The lowest BCUT2D eigenvalue weighted by Gasteiger charge is -2.23. The quantitative estimate of drug-likeness (QED) is 0.866. The van der Waals surface area contributed by atoms with Crippen molar-refractivity contribution >= 4 is 15.9 Å². The van der Waals surface area contributed by atoms with Crippen LogP contribution in [0.15, 0.2) is 45.5 Å². The fourth-order valence-electron chi connectivity index (χ4n) is 2.21. The molecule has 0 saturated heterocycles. The minimum absolute atomic E-state index is 0.175. The Kier molecular flexibility index (Phi) is 2.58. The first-order valence-corrected chi connectivity index (χ1v) is 6.19. The molecule has 2 heterocycles. The molecule has 0 fully saturated rings. The molecular weight excluding hydrogens is 266 g/mol. The van der Waals surface area contributed by atoms with Crippen molar-refractivity contribution in [3.05, 3.63) is 58.0 Å². The van der Waals surface area contributed by atoms with Crippen LogP contribution in [-0.2, 0) is 6.42 Å². The van der Waals surface area contributed by atoms with Gasteiger partial charge in [0.05, 0.1) is 12.3 Å². The van der Waals surface area contributed by atoms with Gasteiger partial charge in [-0.1, -0.05) is 34.1 Å². The molecule has 82 valence electrons. The lowest BCUT2D eigenvalue weighted by Crippen LogP contribution is -2.29. The highest BCUT2D eigenvalue weighted by Crippen LogP contribution is 2.33. The summed E-state index contributed by atoms with van der Waals surface area (Å²) in [7, 11) is 0. The summed E-state index contributed by atoms with van der Waals surface area (Å²) < 4.78 is 6.72. The van der Waals surface area contributed by atoms with Crippen molar-refractivity contribution < 1.29 is 4.42 Å². The van der Waals surface area contributed by atoms with Crippen LogP contribution in [0.4, 0.5) is 0 Å². The van der Waals surface area contributed by atoms with Gasteiger partial charge in [-0.2, -0.15) is 0 Å². The van der Waals surface area contributed by atoms with Gasteiger partial charge in [0.15, 0.2) is 0 Å². The van der Waals surface area contributed by atoms with Gasteiger partial charge in [0, 0.05) is 11.0 Å². The predicted octanol–water partition coefficient (Wildman–Crippen LogP) is 3.28. The van der Waals surface area contributed by atoms with Crippen molar-refractivity contribution in [3.63, 3.8) is 0 Å². The lowest BCUT2D eigenvalue weighted by atomic mass is 9.97. The van der Waals surface area contributed by atoms with Crippen LogP contribution in [0.2, 0.25) is 0 Å². The molecule has 0 spiro atoms. The van der Waals surface area contributed by atoms with E-state index in [0.717, 1.165) is 23.2 Å². The summed E-state index contributed by atoms with van der Waals surface area (Å²) in [5.41, 5.74) is 2.55. The minimum Gasteiger partial charge on any atom is -0.467 e. The first kappa shape index (κ1) is 10.1. The van der Waals surface area contributed by atoms with Gasteiger partial charge in [0.1, 0.15) is 5.76 Å². The normalized spacial score (nSPS) is 19.4. The Morgan fingerprint density at radius 1 is 1.25 bits per heavy atom. The van der Waals surface area contributed by atoms with Gasteiger partial charge in [-0.25, -0.2) is 0 Å². The maximum absolute atomic E-state index is 5.59. The molecule has 1 aliphatic heterocycles. The number of halogens is 1. The number of furan rings is 1. The van der Waals surface area contributed by atoms with Crippen LogP contribution in [0.3, 0.4) is 0 Å². The monoisotopic (exact) mass is 277 g/mol. The average molecular weight is 278 g/mol. The van der Waals surface area contributed by atoms with Crippen LogP contribution in [-0.4, -0.2) is 6.54 Å². The molecular formula is C13H12BrNO. The van der Waals surface area contributed by atoms with E-state index in [-0.39, 0.29) is 6.04 Å². The summed E-state index contributed by atoms with van der Waals surface area (Å²) in [5.74, 6) is 1.05. The number of benzene rings is 1. The van der Waals surface area contributed by atoms with Gasteiger partial charge >= 0.3 is 0 Å². The molecule has 16 heavy (non-hydrogen) atoms. The molecule has 0 amide bonds. The topological polar surface area (TPSA) is 25.2 Å². The van der Waals surface area contributed by atoms with Crippen molar-refractivity contribution in [3.8, 4) is 0 Å². The highest BCUT2D eigenvalue weighted by atomic mass is 79.9. The molecule has 1 aliphatic rings. The fraction of sp³-hybridized carbons (Fsp3) is 0.231. The number of fused-ring (bicyclic) bond motifs is 1. The van der Waals surface area contributed by atoms with E-state index in [4.69, 9.17) is 4.42 Å². The van der Waals surface area contributed by atoms with E-state index in [0.29, 0.717) is 0 Å². The second-order valence-electron chi connectivity index (χ2n) is 3.97. The Morgan fingerprint density at radius 2 is 2.12 bits per heavy atom. The Hall–Kier alpha value is -1.06. The molecule has 0 radical (unpaired) electrons. The summed E-state index contributed by atoms with van der Waals surface area (Å²) in [6.07, 6.45) is 2.83. The summed E-state index contributed by atoms with van der Waals surface area (Å²) in [5, 5.41) is 3.49. The van der Waals surface area contributed by atoms with Gasteiger partial charge in [-0.15, -0.1) is 0 Å². The highest BCUT2D eigenvalue weighted by Gasteiger charge is 2.25. The highest BCUT2D eigenvalue weighted by molar-refractivity contribution is 9.10. The molecule has 1 unspecified atom stereocenters. The van der Waals surface area contributed by atoms with E-state index < -0.39 is 0 Å². The second-order valence-corrected chi connectivity index (χ2v) is 4.82. The Balaban J connectivity index is 2.08. The van der Waals surface area contributed by atoms with E-state index >= 15 is 0 Å². The third-order valence-electron chi connectivity index (χ3n) is 3.00. The first-order valence-electron chi connectivity index (χ1n) is 5.40. The molecule has 0 bridgehead atoms. The summed E-state index contributed by atoms with van der Waals surface area (Å²) in [6, 6.07) is 10.5. The Bertz CT molecular complexity index is 506. The van der Waals surface area contributed by atoms with Gasteiger partial charge in [0.25, 0.3) is 0 Å². The van der Waals surface area contributed by atoms with E-state index in [1.807, 2.05) is 6.07 Å². The summed E-state index contributed by atoms with van der Waals surface area (Å²) >= 11 is 3.59. The SMILES string of the molecule is Brc1ccccc1C1NCCc2ccoc21. The average Bonchev–Trinajstić information content (AvgIpc) is 2.77. The molecule has 1 aromatic heterocycles. The molecule has 0 saturated carbocycles. The third kappa shape index (κ3) is 1.60. The maximum atomic E-state index is 5.59. The van der Waals surface area contributed by atoms with Crippen molar-refractivity contribution in [1.82, 2.24) is 5.32 Å². The zero-order chi connectivity index (χ0) is 11.0. The molecule has 2 aromatic rings. The Morgan fingerprint density at radius 3 is 3.00 bits per heavy atom. The number of nitrogens with one attached hydrogen (secondary N) is 1. The van der Waals surface area contributed by atoms with Crippen molar-refractivity contribution in [2.45, 2.75) is 12.5 Å². The smallest absolute Gasteiger partial charge is 0.128 e. The van der Waals surface area contributed by atoms with E-state index in [9.17, 15) is 0 Å². The largest absolute Gasteiger partial charge is 0.467 e. The standard InChI is InChI=1S/C13H12BrNO/c14-11-4-2-1-3-10(11)12-13-9(5-7-15-12)6-8-16-13/h1-4,6,8,12,15H,5,7H2. The van der Waals surface area contributed by atoms with Crippen LogP contribution in [0.1, 0.15) is 22.9 Å². The van der Waals surface area contributed by atoms with Crippen molar-refractivity contribution in [2.75, 3.05) is 6.54 Å². The third-order valence-corrected chi connectivity index (χ3v) is 3.72. The lowest BCUT2D eigenvalue weighted by molar-refractivity contribution is 0.424. The van der Waals surface area contributed by atoms with E-state index in [2.05, 4.69) is 45.5 Å².